The number of methoxy groups -OCH3 is 1. The first-order valence-corrected chi connectivity index (χ1v) is 7.11. The lowest BCUT2D eigenvalue weighted by atomic mass is 10.0. The number of aryl methyl sites for hydroxylation is 1. The molecule has 1 N–H and O–H groups in total. The lowest BCUT2D eigenvalue weighted by molar-refractivity contribution is 0.415. The van der Waals surface area contributed by atoms with E-state index < -0.39 is 0 Å². The van der Waals surface area contributed by atoms with Gasteiger partial charge >= 0.3 is 0 Å². The Morgan fingerprint density at radius 1 is 1.33 bits per heavy atom. The van der Waals surface area contributed by atoms with Crippen molar-refractivity contribution in [3.8, 4) is 11.5 Å². The Labute approximate surface area is 123 Å². The number of pyridine rings is 1. The topological polar surface area (TPSA) is 58.0 Å². The highest BCUT2D eigenvalue weighted by molar-refractivity contribution is 6.05. The van der Waals surface area contributed by atoms with E-state index in [-0.39, 0.29) is 5.75 Å². The zero-order valence-electron chi connectivity index (χ0n) is 12.6. The van der Waals surface area contributed by atoms with Gasteiger partial charge in [-0.15, -0.1) is 0 Å². The molecule has 0 amide bonds. The van der Waals surface area contributed by atoms with Gasteiger partial charge in [-0.05, 0) is 24.6 Å². The first-order valence-electron chi connectivity index (χ1n) is 7.11. The van der Waals surface area contributed by atoms with Gasteiger partial charge in [0.05, 0.1) is 13.7 Å². The summed E-state index contributed by atoms with van der Waals surface area (Å²) in [5, 5.41) is 12.4. The fraction of sp³-hybridized carbons (Fsp3) is 0.375. The summed E-state index contributed by atoms with van der Waals surface area (Å²) in [7, 11) is 3.59. The van der Waals surface area contributed by atoms with Gasteiger partial charge in [-0.2, -0.15) is 0 Å². The summed E-state index contributed by atoms with van der Waals surface area (Å²) in [5.41, 5.74) is 1.52. The molecule has 2 aromatic rings. The number of aromatic hydroxyl groups is 1. The van der Waals surface area contributed by atoms with Crippen LogP contribution in [0.4, 0.5) is 0 Å². The molecule has 1 aromatic carbocycles. The number of rotatable bonds is 3. The van der Waals surface area contributed by atoms with Crippen molar-refractivity contribution in [2.24, 2.45) is 4.99 Å². The summed E-state index contributed by atoms with van der Waals surface area (Å²) >= 11 is 0. The maximum absolute atomic E-state index is 10.6. The van der Waals surface area contributed by atoms with E-state index >= 15 is 0 Å². The van der Waals surface area contributed by atoms with E-state index in [4.69, 9.17) is 4.74 Å². The maximum Gasteiger partial charge on any atom is 0.153 e. The average Bonchev–Trinajstić information content (AvgIpc) is 2.93. The smallest absolute Gasteiger partial charge is 0.153 e. The van der Waals surface area contributed by atoms with Gasteiger partial charge in [0.25, 0.3) is 0 Å². The fourth-order valence-corrected chi connectivity index (χ4v) is 2.69. The third-order valence-corrected chi connectivity index (χ3v) is 3.87. The van der Waals surface area contributed by atoms with E-state index in [0.717, 1.165) is 47.6 Å². The van der Waals surface area contributed by atoms with Crippen LogP contribution in [0.15, 0.2) is 23.2 Å². The molecule has 5 heteroatoms. The molecule has 3 rings (SSSR count). The quantitative estimate of drug-likeness (QED) is 0.939. The zero-order chi connectivity index (χ0) is 15.0. The predicted molar refractivity (Wildman–Crippen MR) is 83.4 cm³/mol. The van der Waals surface area contributed by atoms with Crippen molar-refractivity contribution in [1.29, 1.82) is 0 Å². The number of fused-ring (bicyclic) bond motifs is 1. The third kappa shape index (κ3) is 2.18. The Balaban J connectivity index is 2.28. The van der Waals surface area contributed by atoms with Gasteiger partial charge in [0.2, 0.25) is 0 Å². The molecule has 110 valence electrons. The number of amidine groups is 1. The molecule has 21 heavy (non-hydrogen) atoms. The van der Waals surface area contributed by atoms with Crippen LogP contribution in [0.3, 0.4) is 0 Å². The minimum Gasteiger partial charge on any atom is -0.505 e. The van der Waals surface area contributed by atoms with Crippen LogP contribution in [0.25, 0.3) is 10.8 Å². The molecular weight excluding hydrogens is 266 g/mol. The highest BCUT2D eigenvalue weighted by Crippen LogP contribution is 2.33. The summed E-state index contributed by atoms with van der Waals surface area (Å²) < 4.78 is 5.27. The van der Waals surface area contributed by atoms with Gasteiger partial charge in [-0.25, -0.2) is 4.98 Å². The van der Waals surface area contributed by atoms with Crippen molar-refractivity contribution in [3.05, 3.63) is 29.6 Å². The van der Waals surface area contributed by atoms with Crippen LogP contribution in [0, 0.1) is 0 Å². The van der Waals surface area contributed by atoms with Crippen LogP contribution in [-0.2, 0) is 6.42 Å². The number of likely N-dealkylation sites (N-methyl/N-ethyl adjacent to an activating group) is 1. The molecule has 0 radical (unpaired) electrons. The monoisotopic (exact) mass is 285 g/mol. The van der Waals surface area contributed by atoms with Crippen molar-refractivity contribution in [2.45, 2.75) is 13.3 Å². The molecule has 0 saturated heterocycles. The second-order valence-corrected chi connectivity index (χ2v) is 5.15. The average molecular weight is 285 g/mol. The first-order chi connectivity index (χ1) is 10.2. The van der Waals surface area contributed by atoms with Gasteiger partial charge in [-0.1, -0.05) is 6.92 Å². The van der Waals surface area contributed by atoms with E-state index in [1.807, 2.05) is 30.1 Å². The molecule has 0 bridgehead atoms. The first kappa shape index (κ1) is 13.7. The predicted octanol–water partition coefficient (Wildman–Crippen LogP) is 2.20. The lowest BCUT2D eigenvalue weighted by Crippen LogP contribution is -2.24. The van der Waals surface area contributed by atoms with Crippen LogP contribution in [0.5, 0.6) is 11.5 Å². The molecule has 0 atom stereocenters. The largest absolute Gasteiger partial charge is 0.505 e. The molecule has 0 spiro atoms. The number of hydrogen-bond donors (Lipinski definition) is 1. The van der Waals surface area contributed by atoms with Crippen LogP contribution in [0.1, 0.15) is 18.3 Å². The van der Waals surface area contributed by atoms with Gasteiger partial charge in [0.1, 0.15) is 11.4 Å². The number of nitrogens with zero attached hydrogens (tertiary/aromatic N) is 3. The standard InChI is InChI=1S/C16H19N3O2/c1-4-13-11-6-5-10(21-3)9-12(11)15(20)14(18-13)16-17-7-8-19(16)2/h5-6,9,20H,4,7-8H2,1-3H3. The van der Waals surface area contributed by atoms with E-state index in [9.17, 15) is 5.11 Å². The zero-order valence-corrected chi connectivity index (χ0v) is 12.6. The lowest BCUT2D eigenvalue weighted by Gasteiger charge is -2.17. The molecule has 1 aromatic heterocycles. The summed E-state index contributed by atoms with van der Waals surface area (Å²) in [6.07, 6.45) is 0.799. The Hall–Kier alpha value is -2.30. The molecular formula is C16H19N3O2. The maximum atomic E-state index is 10.6. The van der Waals surface area contributed by atoms with Crippen molar-refractivity contribution < 1.29 is 9.84 Å². The number of aromatic nitrogens is 1. The Kier molecular flexibility index (Phi) is 3.41. The van der Waals surface area contributed by atoms with Gasteiger partial charge < -0.3 is 14.7 Å². The number of benzene rings is 1. The minimum absolute atomic E-state index is 0.175. The Morgan fingerprint density at radius 3 is 2.76 bits per heavy atom. The molecule has 1 aliphatic heterocycles. The Morgan fingerprint density at radius 2 is 2.14 bits per heavy atom. The molecule has 0 unspecified atom stereocenters. The molecule has 0 fully saturated rings. The van der Waals surface area contributed by atoms with Crippen LogP contribution in [0.2, 0.25) is 0 Å². The molecule has 0 aliphatic carbocycles. The second kappa shape index (κ2) is 5.24. The van der Waals surface area contributed by atoms with Crippen LogP contribution < -0.4 is 4.74 Å². The summed E-state index contributed by atoms with van der Waals surface area (Å²) in [5.74, 6) is 1.65. The van der Waals surface area contributed by atoms with Crippen LogP contribution >= 0.6 is 0 Å². The SMILES string of the molecule is CCc1nc(C2=NCCN2C)c(O)c2cc(OC)ccc12. The van der Waals surface area contributed by atoms with Crippen molar-refractivity contribution in [2.75, 3.05) is 27.2 Å². The van der Waals surface area contributed by atoms with Crippen molar-refractivity contribution in [1.82, 2.24) is 9.88 Å². The van der Waals surface area contributed by atoms with Crippen molar-refractivity contribution in [3.63, 3.8) is 0 Å². The van der Waals surface area contributed by atoms with E-state index in [1.165, 1.54) is 0 Å². The van der Waals surface area contributed by atoms with Gasteiger partial charge in [0, 0.05) is 30.1 Å². The van der Waals surface area contributed by atoms with E-state index in [1.54, 1.807) is 7.11 Å². The van der Waals surface area contributed by atoms with Gasteiger partial charge in [-0.3, -0.25) is 4.99 Å². The number of aliphatic imine (C=N–C) groups is 1. The Bertz CT molecular complexity index is 725. The number of ether oxygens (including phenoxy) is 1. The molecule has 1 aliphatic rings. The summed E-state index contributed by atoms with van der Waals surface area (Å²) in [4.78, 5) is 11.1. The molecule has 2 heterocycles. The summed E-state index contributed by atoms with van der Waals surface area (Å²) in [6, 6.07) is 5.69. The minimum atomic E-state index is 0.175. The normalized spacial score (nSPS) is 14.6. The highest BCUT2D eigenvalue weighted by atomic mass is 16.5. The summed E-state index contributed by atoms with van der Waals surface area (Å²) in [6.45, 7) is 3.66. The second-order valence-electron chi connectivity index (χ2n) is 5.15. The van der Waals surface area contributed by atoms with E-state index in [2.05, 4.69) is 16.9 Å². The van der Waals surface area contributed by atoms with E-state index in [0.29, 0.717) is 5.69 Å². The molecule has 5 nitrogen and oxygen atoms in total. The number of hydrogen-bond acceptors (Lipinski definition) is 5. The fourth-order valence-electron chi connectivity index (χ4n) is 2.69. The highest BCUT2D eigenvalue weighted by Gasteiger charge is 2.22. The van der Waals surface area contributed by atoms with Crippen molar-refractivity contribution >= 4 is 16.6 Å². The van der Waals surface area contributed by atoms with Crippen LogP contribution in [-0.4, -0.2) is 48.1 Å². The molecule has 0 saturated carbocycles. The third-order valence-electron chi connectivity index (χ3n) is 3.87. The van der Waals surface area contributed by atoms with Gasteiger partial charge in [0.15, 0.2) is 11.6 Å².